The zero-order chi connectivity index (χ0) is 19.4. The number of H-pyrrole nitrogens is 1. The standard InChI is InChI=1S/C19H22ClN5O2.ClH/c1-4-27-19(26)18-14(9-22-23-18)16-10-21-12-25(16)11-17(24(2)3)13-7-5-6-8-15(13)20;/h5-10,12,17H,4,11H2,1-3H3,(H,22,23);1H. The largest absolute Gasteiger partial charge is 0.461 e. The van der Waals surface area contributed by atoms with Crippen molar-refractivity contribution in [1.29, 1.82) is 0 Å². The number of nitrogens with zero attached hydrogens (tertiary/aromatic N) is 4. The van der Waals surface area contributed by atoms with Crippen LogP contribution in [0.15, 0.2) is 43.0 Å². The summed E-state index contributed by atoms with van der Waals surface area (Å²) in [6, 6.07) is 7.83. The van der Waals surface area contributed by atoms with Crippen molar-refractivity contribution in [2.24, 2.45) is 0 Å². The van der Waals surface area contributed by atoms with Gasteiger partial charge in [0, 0.05) is 11.6 Å². The van der Waals surface area contributed by atoms with Gasteiger partial charge >= 0.3 is 5.97 Å². The molecule has 0 bridgehead atoms. The minimum absolute atomic E-state index is 0. The molecule has 0 saturated heterocycles. The average Bonchev–Trinajstić information content (AvgIpc) is 3.29. The maximum absolute atomic E-state index is 12.2. The topological polar surface area (TPSA) is 76.0 Å². The van der Waals surface area contributed by atoms with Crippen LogP contribution < -0.4 is 0 Å². The van der Waals surface area contributed by atoms with E-state index in [2.05, 4.69) is 20.1 Å². The minimum atomic E-state index is -0.437. The van der Waals surface area contributed by atoms with Gasteiger partial charge in [-0.3, -0.25) is 5.10 Å². The second-order valence-electron chi connectivity index (χ2n) is 6.31. The van der Waals surface area contributed by atoms with Crippen molar-refractivity contribution in [1.82, 2.24) is 24.6 Å². The van der Waals surface area contributed by atoms with Crippen molar-refractivity contribution in [3.8, 4) is 11.3 Å². The molecule has 1 atom stereocenters. The molecule has 2 heterocycles. The van der Waals surface area contributed by atoms with Gasteiger partial charge in [-0.05, 0) is 32.6 Å². The maximum atomic E-state index is 12.2. The van der Waals surface area contributed by atoms with Crippen LogP contribution in [0.3, 0.4) is 0 Å². The van der Waals surface area contributed by atoms with Crippen LogP contribution in [0, 0.1) is 0 Å². The van der Waals surface area contributed by atoms with Crippen LogP contribution in [0.25, 0.3) is 11.3 Å². The van der Waals surface area contributed by atoms with E-state index in [1.165, 1.54) is 0 Å². The zero-order valence-electron chi connectivity index (χ0n) is 15.9. The van der Waals surface area contributed by atoms with Gasteiger partial charge in [-0.15, -0.1) is 12.4 Å². The van der Waals surface area contributed by atoms with E-state index >= 15 is 0 Å². The van der Waals surface area contributed by atoms with E-state index < -0.39 is 5.97 Å². The number of aromatic amines is 1. The summed E-state index contributed by atoms with van der Waals surface area (Å²) in [5, 5.41) is 7.45. The summed E-state index contributed by atoms with van der Waals surface area (Å²) in [6.45, 7) is 2.68. The van der Waals surface area contributed by atoms with E-state index in [1.807, 2.05) is 42.9 Å². The highest BCUT2D eigenvalue weighted by atomic mass is 35.5. The Morgan fingerprint density at radius 1 is 1.32 bits per heavy atom. The van der Waals surface area contributed by atoms with E-state index in [-0.39, 0.29) is 18.4 Å². The fourth-order valence-electron chi connectivity index (χ4n) is 3.00. The van der Waals surface area contributed by atoms with Gasteiger partial charge in [0.1, 0.15) is 0 Å². The number of halogens is 2. The highest BCUT2D eigenvalue weighted by molar-refractivity contribution is 6.31. The number of nitrogens with one attached hydrogen (secondary N) is 1. The Morgan fingerprint density at radius 3 is 2.75 bits per heavy atom. The first kappa shape index (κ1) is 21.9. The van der Waals surface area contributed by atoms with Crippen molar-refractivity contribution in [3.05, 3.63) is 59.3 Å². The van der Waals surface area contributed by atoms with Crippen molar-refractivity contribution in [2.45, 2.75) is 19.5 Å². The third-order valence-electron chi connectivity index (χ3n) is 4.36. The lowest BCUT2D eigenvalue weighted by atomic mass is 10.1. The fraction of sp³-hybridized carbons (Fsp3) is 0.316. The highest BCUT2D eigenvalue weighted by Crippen LogP contribution is 2.30. The molecule has 1 N–H and O–H groups in total. The van der Waals surface area contributed by atoms with E-state index in [0.717, 1.165) is 11.3 Å². The maximum Gasteiger partial charge on any atom is 0.357 e. The number of ether oxygens (including phenoxy) is 1. The third kappa shape index (κ3) is 4.55. The van der Waals surface area contributed by atoms with Crippen molar-refractivity contribution in [2.75, 3.05) is 20.7 Å². The lowest BCUT2D eigenvalue weighted by Gasteiger charge is -2.26. The molecule has 0 radical (unpaired) electrons. The normalized spacial score (nSPS) is 11.9. The summed E-state index contributed by atoms with van der Waals surface area (Å²) in [7, 11) is 4.01. The number of esters is 1. The predicted molar refractivity (Wildman–Crippen MR) is 111 cm³/mol. The number of aromatic nitrogens is 4. The first-order valence-corrected chi connectivity index (χ1v) is 9.02. The van der Waals surface area contributed by atoms with Gasteiger partial charge in [-0.2, -0.15) is 5.10 Å². The van der Waals surface area contributed by atoms with E-state index in [1.54, 1.807) is 25.6 Å². The molecule has 0 spiro atoms. The quantitative estimate of drug-likeness (QED) is 0.584. The second-order valence-corrected chi connectivity index (χ2v) is 6.72. The Hall–Kier alpha value is -2.35. The van der Waals surface area contributed by atoms with Gasteiger partial charge in [-0.25, -0.2) is 9.78 Å². The van der Waals surface area contributed by atoms with Crippen molar-refractivity contribution >= 4 is 30.0 Å². The molecule has 1 aromatic carbocycles. The summed E-state index contributed by atoms with van der Waals surface area (Å²) < 4.78 is 7.09. The second kappa shape index (κ2) is 9.73. The number of benzene rings is 1. The highest BCUT2D eigenvalue weighted by Gasteiger charge is 2.22. The van der Waals surface area contributed by atoms with Crippen LogP contribution in [-0.4, -0.2) is 51.3 Å². The summed E-state index contributed by atoms with van der Waals surface area (Å²) in [5.74, 6) is -0.437. The molecule has 0 aliphatic carbocycles. The molecule has 1 unspecified atom stereocenters. The number of carbonyl (C=O) groups excluding carboxylic acids is 1. The van der Waals surface area contributed by atoms with E-state index in [4.69, 9.17) is 16.3 Å². The Morgan fingerprint density at radius 2 is 2.07 bits per heavy atom. The van der Waals surface area contributed by atoms with E-state index in [0.29, 0.717) is 29.4 Å². The number of hydrogen-bond acceptors (Lipinski definition) is 5. The predicted octanol–water partition coefficient (Wildman–Crippen LogP) is 3.83. The minimum Gasteiger partial charge on any atom is -0.461 e. The molecule has 7 nitrogen and oxygen atoms in total. The van der Waals surface area contributed by atoms with Crippen LogP contribution in [0.4, 0.5) is 0 Å². The summed E-state index contributed by atoms with van der Waals surface area (Å²) in [5.41, 5.74) is 2.78. The Kier molecular flexibility index (Phi) is 7.62. The van der Waals surface area contributed by atoms with Crippen LogP contribution in [0.1, 0.15) is 29.0 Å². The molecule has 3 rings (SSSR count). The summed E-state index contributed by atoms with van der Waals surface area (Å²) in [4.78, 5) is 18.6. The summed E-state index contributed by atoms with van der Waals surface area (Å²) in [6.07, 6.45) is 5.07. The first-order chi connectivity index (χ1) is 13.0. The molecule has 0 amide bonds. The molecule has 0 fully saturated rings. The molecule has 0 aliphatic heterocycles. The van der Waals surface area contributed by atoms with Crippen molar-refractivity contribution < 1.29 is 9.53 Å². The number of likely N-dealkylation sites (N-methyl/N-ethyl adjacent to an activating group) is 1. The van der Waals surface area contributed by atoms with Gasteiger partial charge in [-0.1, -0.05) is 29.8 Å². The van der Waals surface area contributed by atoms with Crippen molar-refractivity contribution in [3.63, 3.8) is 0 Å². The number of imidazole rings is 1. The molecule has 150 valence electrons. The lowest BCUT2D eigenvalue weighted by molar-refractivity contribution is 0.0520. The van der Waals surface area contributed by atoms with Crippen LogP contribution >= 0.6 is 24.0 Å². The lowest BCUT2D eigenvalue weighted by Crippen LogP contribution is -2.25. The molecule has 28 heavy (non-hydrogen) atoms. The van der Waals surface area contributed by atoms with Crippen LogP contribution in [-0.2, 0) is 11.3 Å². The number of rotatable bonds is 7. The van der Waals surface area contributed by atoms with Gasteiger partial charge in [0.15, 0.2) is 5.69 Å². The molecular weight excluding hydrogens is 401 g/mol. The fourth-order valence-corrected chi connectivity index (χ4v) is 3.26. The van der Waals surface area contributed by atoms with Gasteiger partial charge < -0.3 is 14.2 Å². The van der Waals surface area contributed by atoms with Gasteiger partial charge in [0.2, 0.25) is 0 Å². The van der Waals surface area contributed by atoms with Crippen LogP contribution in [0.5, 0.6) is 0 Å². The Balaban J connectivity index is 0.00000280. The summed E-state index contributed by atoms with van der Waals surface area (Å²) >= 11 is 6.42. The third-order valence-corrected chi connectivity index (χ3v) is 4.71. The monoisotopic (exact) mass is 423 g/mol. The SMILES string of the molecule is CCOC(=O)c1[nH]ncc1-c1cncn1CC(c1ccccc1Cl)N(C)C.Cl. The smallest absolute Gasteiger partial charge is 0.357 e. The van der Waals surface area contributed by atoms with Gasteiger partial charge in [0.25, 0.3) is 0 Å². The molecule has 9 heteroatoms. The first-order valence-electron chi connectivity index (χ1n) is 8.64. The molecule has 2 aromatic heterocycles. The molecule has 0 saturated carbocycles. The van der Waals surface area contributed by atoms with E-state index in [9.17, 15) is 4.79 Å². The van der Waals surface area contributed by atoms with Crippen LogP contribution in [0.2, 0.25) is 5.02 Å². The van der Waals surface area contributed by atoms with Gasteiger partial charge in [0.05, 0.1) is 42.6 Å². The molecule has 3 aromatic rings. The Bertz CT molecular complexity index is 922. The number of carbonyl (C=O) groups is 1. The molecular formula is C19H23Cl2N5O2. The number of hydrogen-bond donors (Lipinski definition) is 1. The Labute approximate surface area is 175 Å². The zero-order valence-corrected chi connectivity index (χ0v) is 17.5. The molecule has 0 aliphatic rings. The average molecular weight is 424 g/mol.